The maximum atomic E-state index is 10.7. The summed E-state index contributed by atoms with van der Waals surface area (Å²) in [5.74, 6) is -0.653. The summed E-state index contributed by atoms with van der Waals surface area (Å²) in [6.07, 6.45) is 0.770. The molecule has 15 heavy (non-hydrogen) atoms. The van der Waals surface area contributed by atoms with Gasteiger partial charge in [-0.15, -0.1) is 0 Å². The molecule has 0 spiro atoms. The molecule has 3 nitrogen and oxygen atoms in total. The fourth-order valence-electron chi connectivity index (χ4n) is 1.92. The number of carboxylic acid groups (broad SMARTS) is 1. The summed E-state index contributed by atoms with van der Waals surface area (Å²) in [5.41, 5.74) is 2.22. The van der Waals surface area contributed by atoms with Crippen molar-refractivity contribution < 1.29 is 14.6 Å². The Morgan fingerprint density at radius 2 is 2.40 bits per heavy atom. The number of hydrogen-bond acceptors (Lipinski definition) is 2. The summed E-state index contributed by atoms with van der Waals surface area (Å²) in [5, 5.41) is 8.83. The first-order valence-corrected chi connectivity index (χ1v) is 5.03. The third kappa shape index (κ3) is 2.18. The van der Waals surface area contributed by atoms with E-state index in [1.54, 1.807) is 7.11 Å². The third-order valence-electron chi connectivity index (χ3n) is 2.80. The second-order valence-electron chi connectivity index (χ2n) is 3.96. The summed E-state index contributed by atoms with van der Waals surface area (Å²) in [7, 11) is 1.66. The van der Waals surface area contributed by atoms with Gasteiger partial charge in [-0.1, -0.05) is 24.3 Å². The van der Waals surface area contributed by atoms with Crippen molar-refractivity contribution in [1.82, 2.24) is 0 Å². The van der Waals surface area contributed by atoms with Gasteiger partial charge in [0.15, 0.2) is 0 Å². The van der Waals surface area contributed by atoms with Gasteiger partial charge in [0.2, 0.25) is 0 Å². The van der Waals surface area contributed by atoms with E-state index < -0.39 is 5.97 Å². The Kier molecular flexibility index (Phi) is 2.73. The molecule has 1 aromatic rings. The monoisotopic (exact) mass is 206 g/mol. The van der Waals surface area contributed by atoms with Crippen molar-refractivity contribution >= 4 is 5.97 Å². The van der Waals surface area contributed by atoms with Gasteiger partial charge in [0.1, 0.15) is 0 Å². The molecule has 1 aliphatic carbocycles. The molecule has 2 rings (SSSR count). The van der Waals surface area contributed by atoms with Gasteiger partial charge in [-0.2, -0.15) is 0 Å². The molecule has 1 saturated carbocycles. The summed E-state index contributed by atoms with van der Waals surface area (Å²) >= 11 is 0. The van der Waals surface area contributed by atoms with Crippen LogP contribution in [0.4, 0.5) is 0 Å². The number of benzene rings is 1. The minimum Gasteiger partial charge on any atom is -0.481 e. The van der Waals surface area contributed by atoms with Crippen LogP contribution in [0.3, 0.4) is 0 Å². The van der Waals surface area contributed by atoms with Crippen molar-refractivity contribution in [2.45, 2.75) is 18.9 Å². The van der Waals surface area contributed by atoms with Crippen molar-refractivity contribution in [3.8, 4) is 0 Å². The maximum absolute atomic E-state index is 10.7. The zero-order valence-corrected chi connectivity index (χ0v) is 8.64. The molecule has 0 amide bonds. The van der Waals surface area contributed by atoms with Crippen LogP contribution in [0, 0.1) is 5.92 Å². The lowest BCUT2D eigenvalue weighted by atomic mass is 10.1. The molecule has 0 aliphatic heterocycles. The van der Waals surface area contributed by atoms with Crippen LogP contribution in [0.2, 0.25) is 0 Å². The van der Waals surface area contributed by atoms with Crippen LogP contribution in [0.15, 0.2) is 24.3 Å². The number of ether oxygens (including phenoxy) is 1. The van der Waals surface area contributed by atoms with E-state index in [9.17, 15) is 4.79 Å². The minimum absolute atomic E-state index is 0.178. The number of hydrogen-bond donors (Lipinski definition) is 1. The highest BCUT2D eigenvalue weighted by molar-refractivity contribution is 5.75. The lowest BCUT2D eigenvalue weighted by Crippen LogP contribution is -1.99. The number of aliphatic carboxylic acids is 1. The highest BCUT2D eigenvalue weighted by Crippen LogP contribution is 2.47. The summed E-state index contributed by atoms with van der Waals surface area (Å²) in [4.78, 5) is 10.7. The van der Waals surface area contributed by atoms with Crippen molar-refractivity contribution in [3.63, 3.8) is 0 Å². The molecule has 80 valence electrons. The predicted octanol–water partition coefficient (Wildman–Crippen LogP) is 2.02. The highest BCUT2D eigenvalue weighted by Gasteiger charge is 2.44. The molecular formula is C12H14O3. The SMILES string of the molecule is COCc1cccc([C@@H]2C[C@H]2C(=O)O)c1. The topological polar surface area (TPSA) is 46.5 Å². The van der Waals surface area contributed by atoms with E-state index in [1.807, 2.05) is 24.3 Å². The second kappa shape index (κ2) is 4.03. The molecule has 3 heteroatoms. The normalized spacial score (nSPS) is 23.8. The van der Waals surface area contributed by atoms with Gasteiger partial charge in [-0.3, -0.25) is 4.79 Å². The standard InChI is InChI=1S/C12H14O3/c1-15-7-8-3-2-4-9(5-8)10-6-11(10)12(13)14/h2-5,10-11H,6-7H2,1H3,(H,13,14)/t10-,11+/m0/s1. The molecule has 1 N–H and O–H groups in total. The van der Waals surface area contributed by atoms with Crippen molar-refractivity contribution in [2.75, 3.05) is 7.11 Å². The Bertz CT molecular complexity index is 373. The molecule has 1 aliphatic rings. The molecule has 0 unspecified atom stereocenters. The van der Waals surface area contributed by atoms with Gasteiger partial charge in [-0.25, -0.2) is 0 Å². The van der Waals surface area contributed by atoms with Crippen LogP contribution in [-0.4, -0.2) is 18.2 Å². The van der Waals surface area contributed by atoms with E-state index in [-0.39, 0.29) is 11.8 Å². The molecule has 1 aromatic carbocycles. The smallest absolute Gasteiger partial charge is 0.307 e. The Hall–Kier alpha value is -1.35. The van der Waals surface area contributed by atoms with Crippen LogP contribution in [0.5, 0.6) is 0 Å². The largest absolute Gasteiger partial charge is 0.481 e. The van der Waals surface area contributed by atoms with E-state index in [2.05, 4.69) is 0 Å². The van der Waals surface area contributed by atoms with Gasteiger partial charge in [-0.05, 0) is 23.5 Å². The van der Waals surface area contributed by atoms with Crippen LogP contribution in [0.25, 0.3) is 0 Å². The fourth-order valence-corrected chi connectivity index (χ4v) is 1.92. The van der Waals surface area contributed by atoms with E-state index in [4.69, 9.17) is 9.84 Å². The molecule has 0 radical (unpaired) electrons. The van der Waals surface area contributed by atoms with Crippen molar-refractivity contribution in [2.24, 2.45) is 5.92 Å². The van der Waals surface area contributed by atoms with Crippen molar-refractivity contribution in [3.05, 3.63) is 35.4 Å². The maximum Gasteiger partial charge on any atom is 0.307 e. The molecule has 0 aromatic heterocycles. The zero-order valence-electron chi connectivity index (χ0n) is 8.64. The Morgan fingerprint density at radius 1 is 1.60 bits per heavy atom. The molecule has 2 atom stereocenters. The fraction of sp³-hybridized carbons (Fsp3) is 0.417. The van der Waals surface area contributed by atoms with E-state index >= 15 is 0 Å². The lowest BCUT2D eigenvalue weighted by Gasteiger charge is -2.03. The van der Waals surface area contributed by atoms with Gasteiger partial charge < -0.3 is 9.84 Å². The first kappa shape index (κ1) is 10.2. The van der Waals surface area contributed by atoms with E-state index in [1.165, 1.54) is 0 Å². The average molecular weight is 206 g/mol. The molecular weight excluding hydrogens is 192 g/mol. The zero-order chi connectivity index (χ0) is 10.8. The number of carboxylic acids is 1. The van der Waals surface area contributed by atoms with Crippen LogP contribution in [-0.2, 0) is 16.1 Å². The molecule has 0 saturated heterocycles. The lowest BCUT2D eigenvalue weighted by molar-refractivity contribution is -0.138. The average Bonchev–Trinajstić information content (AvgIpc) is 2.98. The minimum atomic E-state index is -0.683. The van der Waals surface area contributed by atoms with Gasteiger partial charge >= 0.3 is 5.97 Å². The van der Waals surface area contributed by atoms with Crippen LogP contribution in [0.1, 0.15) is 23.5 Å². The van der Waals surface area contributed by atoms with E-state index in [0.717, 1.165) is 17.5 Å². The van der Waals surface area contributed by atoms with Gasteiger partial charge in [0.25, 0.3) is 0 Å². The number of carbonyl (C=O) groups is 1. The first-order valence-electron chi connectivity index (χ1n) is 5.03. The summed E-state index contributed by atoms with van der Waals surface area (Å²) < 4.78 is 5.04. The summed E-state index contributed by atoms with van der Waals surface area (Å²) in [6.45, 7) is 0.582. The van der Waals surface area contributed by atoms with Crippen LogP contribution < -0.4 is 0 Å². The van der Waals surface area contributed by atoms with Crippen LogP contribution >= 0.6 is 0 Å². The second-order valence-corrected chi connectivity index (χ2v) is 3.96. The predicted molar refractivity (Wildman–Crippen MR) is 55.6 cm³/mol. The first-order chi connectivity index (χ1) is 7.22. The Balaban J connectivity index is 2.10. The van der Waals surface area contributed by atoms with Gasteiger partial charge in [0.05, 0.1) is 12.5 Å². The number of rotatable bonds is 4. The molecule has 0 heterocycles. The molecule has 0 bridgehead atoms. The van der Waals surface area contributed by atoms with Crippen molar-refractivity contribution in [1.29, 1.82) is 0 Å². The number of methoxy groups -OCH3 is 1. The molecule has 1 fully saturated rings. The third-order valence-corrected chi connectivity index (χ3v) is 2.80. The summed E-state index contributed by atoms with van der Waals surface area (Å²) in [6, 6.07) is 7.98. The van der Waals surface area contributed by atoms with Gasteiger partial charge in [0, 0.05) is 7.11 Å². The Labute approximate surface area is 88.7 Å². The Morgan fingerprint density at radius 3 is 3.00 bits per heavy atom. The quantitative estimate of drug-likeness (QED) is 0.819. The van der Waals surface area contributed by atoms with E-state index in [0.29, 0.717) is 6.61 Å². The highest BCUT2D eigenvalue weighted by atomic mass is 16.5.